The topological polar surface area (TPSA) is 61.2 Å². The molecular weight excluding hydrogens is 336 g/mol. The number of rotatable bonds is 4. The van der Waals surface area contributed by atoms with Crippen molar-refractivity contribution < 1.29 is 9.53 Å². The van der Waals surface area contributed by atoms with Crippen LogP contribution in [0.4, 0.5) is 0 Å². The number of hydrogen-bond acceptors (Lipinski definition) is 5. The lowest BCUT2D eigenvalue weighted by Gasteiger charge is -2.07. The van der Waals surface area contributed by atoms with Gasteiger partial charge in [0.15, 0.2) is 0 Å². The number of ether oxygens (including phenoxy) is 1. The summed E-state index contributed by atoms with van der Waals surface area (Å²) in [6, 6.07) is 8.01. The molecule has 0 spiro atoms. The van der Waals surface area contributed by atoms with Gasteiger partial charge in [0.2, 0.25) is 0 Å². The monoisotopic (exact) mass is 356 g/mol. The number of nitrogens with zero attached hydrogens (tertiary/aromatic N) is 2. The number of aromatic nitrogens is 2. The quantitative estimate of drug-likeness (QED) is 0.669. The normalized spacial score (nSPS) is 11.2. The van der Waals surface area contributed by atoms with E-state index in [9.17, 15) is 9.59 Å². The molecule has 0 unspecified atom stereocenters. The predicted octanol–water partition coefficient (Wildman–Crippen LogP) is 3.69. The van der Waals surface area contributed by atoms with Gasteiger partial charge in [-0.1, -0.05) is 29.8 Å². The van der Waals surface area contributed by atoms with Gasteiger partial charge < -0.3 is 4.74 Å². The van der Waals surface area contributed by atoms with Crippen LogP contribution in [0.2, 0.25) is 0 Å². The Labute approximate surface area is 149 Å². The highest BCUT2D eigenvalue weighted by Crippen LogP contribution is 2.27. The molecule has 0 fully saturated rings. The summed E-state index contributed by atoms with van der Waals surface area (Å²) in [6.45, 7) is 7.84. The Morgan fingerprint density at radius 2 is 2.08 bits per heavy atom. The summed E-state index contributed by atoms with van der Waals surface area (Å²) in [6.07, 6.45) is 1.34. The summed E-state index contributed by atoms with van der Waals surface area (Å²) < 4.78 is 6.84. The van der Waals surface area contributed by atoms with E-state index in [4.69, 9.17) is 4.74 Å². The SMILES string of the molecule is Cc1cccc(Cn2cnc3sc(C(=O)OC(C)C)c(C)c3c2=O)c1. The molecule has 0 aliphatic heterocycles. The van der Waals surface area contributed by atoms with Crippen molar-refractivity contribution in [3.63, 3.8) is 0 Å². The largest absolute Gasteiger partial charge is 0.459 e. The molecule has 2 heterocycles. The second-order valence-corrected chi connectivity index (χ2v) is 7.36. The first kappa shape index (κ1) is 17.4. The zero-order valence-corrected chi connectivity index (χ0v) is 15.5. The van der Waals surface area contributed by atoms with Crippen molar-refractivity contribution in [3.8, 4) is 0 Å². The van der Waals surface area contributed by atoms with E-state index in [1.54, 1.807) is 31.7 Å². The molecule has 0 atom stereocenters. The Morgan fingerprint density at radius 1 is 1.32 bits per heavy atom. The Balaban J connectivity index is 2.04. The maximum atomic E-state index is 12.9. The molecule has 0 radical (unpaired) electrons. The third-order valence-corrected chi connectivity index (χ3v) is 5.06. The third-order valence-electron chi connectivity index (χ3n) is 3.88. The molecule has 0 aliphatic carbocycles. The van der Waals surface area contributed by atoms with Gasteiger partial charge in [-0.25, -0.2) is 9.78 Å². The third kappa shape index (κ3) is 3.49. The number of hydrogen-bond donors (Lipinski definition) is 0. The molecule has 0 amide bonds. The van der Waals surface area contributed by atoms with Gasteiger partial charge in [0.05, 0.1) is 24.4 Å². The number of esters is 1. The molecule has 1 aromatic carbocycles. The highest BCUT2D eigenvalue weighted by atomic mass is 32.1. The summed E-state index contributed by atoms with van der Waals surface area (Å²) in [5.74, 6) is -0.403. The maximum Gasteiger partial charge on any atom is 0.348 e. The first-order chi connectivity index (χ1) is 11.9. The van der Waals surface area contributed by atoms with Gasteiger partial charge in [-0.15, -0.1) is 11.3 Å². The summed E-state index contributed by atoms with van der Waals surface area (Å²) in [5, 5.41) is 0.496. The van der Waals surface area contributed by atoms with Crippen molar-refractivity contribution in [2.24, 2.45) is 0 Å². The lowest BCUT2D eigenvalue weighted by Crippen LogP contribution is -2.21. The van der Waals surface area contributed by atoms with E-state index in [1.165, 1.54) is 11.3 Å². The lowest BCUT2D eigenvalue weighted by atomic mass is 10.1. The van der Waals surface area contributed by atoms with Crippen molar-refractivity contribution in [1.29, 1.82) is 0 Å². The van der Waals surface area contributed by atoms with Crippen LogP contribution >= 0.6 is 11.3 Å². The van der Waals surface area contributed by atoms with Crippen LogP contribution in [0, 0.1) is 13.8 Å². The first-order valence-corrected chi connectivity index (χ1v) is 8.93. The molecule has 3 aromatic rings. The van der Waals surface area contributed by atoms with Crippen LogP contribution in [0.15, 0.2) is 35.4 Å². The van der Waals surface area contributed by atoms with Crippen molar-refractivity contribution in [1.82, 2.24) is 9.55 Å². The van der Waals surface area contributed by atoms with E-state index in [1.807, 2.05) is 31.2 Å². The highest BCUT2D eigenvalue weighted by molar-refractivity contribution is 7.20. The predicted molar refractivity (Wildman–Crippen MR) is 99.4 cm³/mol. The van der Waals surface area contributed by atoms with Crippen molar-refractivity contribution in [2.45, 2.75) is 40.3 Å². The van der Waals surface area contributed by atoms with Crippen molar-refractivity contribution in [3.05, 3.63) is 62.5 Å². The lowest BCUT2D eigenvalue weighted by molar-refractivity contribution is 0.0383. The molecule has 0 saturated heterocycles. The molecule has 0 saturated carbocycles. The van der Waals surface area contributed by atoms with Gasteiger partial charge in [-0.05, 0) is 38.8 Å². The summed E-state index contributed by atoms with van der Waals surface area (Å²) in [4.78, 5) is 30.5. The fourth-order valence-corrected chi connectivity index (χ4v) is 3.76. The number of benzene rings is 1. The van der Waals surface area contributed by atoms with Crippen LogP contribution in [-0.4, -0.2) is 21.6 Å². The highest BCUT2D eigenvalue weighted by Gasteiger charge is 2.21. The number of thiophene rings is 1. The molecule has 0 N–H and O–H groups in total. The van der Waals surface area contributed by atoms with Gasteiger partial charge >= 0.3 is 5.97 Å². The Bertz CT molecular complexity index is 1000. The summed E-state index contributed by atoms with van der Waals surface area (Å²) >= 11 is 1.21. The van der Waals surface area contributed by atoms with E-state index in [0.29, 0.717) is 27.2 Å². The number of aryl methyl sites for hydroxylation is 2. The van der Waals surface area contributed by atoms with E-state index >= 15 is 0 Å². The van der Waals surface area contributed by atoms with Crippen LogP contribution in [0.5, 0.6) is 0 Å². The molecule has 0 bridgehead atoms. The average Bonchev–Trinajstić information content (AvgIpc) is 2.87. The Morgan fingerprint density at radius 3 is 2.76 bits per heavy atom. The van der Waals surface area contributed by atoms with Crippen molar-refractivity contribution >= 4 is 27.5 Å². The van der Waals surface area contributed by atoms with Crippen LogP contribution in [0.25, 0.3) is 10.2 Å². The molecule has 130 valence electrons. The van der Waals surface area contributed by atoms with Crippen LogP contribution in [-0.2, 0) is 11.3 Å². The maximum absolute atomic E-state index is 12.9. The molecule has 5 nitrogen and oxygen atoms in total. The summed E-state index contributed by atoms with van der Waals surface area (Å²) in [7, 11) is 0. The van der Waals surface area contributed by atoms with Crippen LogP contribution in [0.1, 0.15) is 40.2 Å². The molecule has 6 heteroatoms. The van der Waals surface area contributed by atoms with E-state index in [-0.39, 0.29) is 11.7 Å². The molecule has 3 rings (SSSR count). The number of carbonyl (C=O) groups is 1. The number of fused-ring (bicyclic) bond motifs is 1. The van der Waals surface area contributed by atoms with Crippen LogP contribution in [0.3, 0.4) is 0 Å². The Hall–Kier alpha value is -2.47. The van der Waals surface area contributed by atoms with Crippen LogP contribution < -0.4 is 5.56 Å². The van der Waals surface area contributed by atoms with E-state index in [0.717, 1.165) is 11.1 Å². The smallest absolute Gasteiger partial charge is 0.348 e. The van der Waals surface area contributed by atoms with E-state index < -0.39 is 5.97 Å². The Kier molecular flexibility index (Phi) is 4.72. The molecule has 2 aromatic heterocycles. The zero-order chi connectivity index (χ0) is 18.1. The van der Waals surface area contributed by atoms with Gasteiger partial charge in [-0.3, -0.25) is 9.36 Å². The summed E-state index contributed by atoms with van der Waals surface area (Å²) in [5.41, 5.74) is 2.69. The fourth-order valence-electron chi connectivity index (χ4n) is 2.74. The molecule has 25 heavy (non-hydrogen) atoms. The van der Waals surface area contributed by atoms with Gasteiger partial charge in [0.1, 0.15) is 9.71 Å². The van der Waals surface area contributed by atoms with Crippen molar-refractivity contribution in [2.75, 3.05) is 0 Å². The van der Waals surface area contributed by atoms with Gasteiger partial charge in [0, 0.05) is 0 Å². The average molecular weight is 356 g/mol. The zero-order valence-electron chi connectivity index (χ0n) is 14.7. The van der Waals surface area contributed by atoms with Gasteiger partial charge in [-0.2, -0.15) is 0 Å². The minimum atomic E-state index is -0.403. The molecular formula is C19H20N2O3S. The fraction of sp³-hybridized carbons (Fsp3) is 0.316. The standard InChI is InChI=1S/C19H20N2O3S/c1-11(2)24-19(23)16-13(4)15-17(25-16)20-10-21(18(15)22)9-14-7-5-6-12(3)8-14/h5-8,10-11H,9H2,1-4H3. The molecule has 0 aliphatic rings. The minimum absolute atomic E-state index is 0.135. The number of carbonyl (C=O) groups excluding carboxylic acids is 1. The van der Waals surface area contributed by atoms with Gasteiger partial charge in [0.25, 0.3) is 5.56 Å². The minimum Gasteiger partial charge on any atom is -0.459 e. The second kappa shape index (κ2) is 6.80. The first-order valence-electron chi connectivity index (χ1n) is 8.12. The van der Waals surface area contributed by atoms with E-state index in [2.05, 4.69) is 4.98 Å². The second-order valence-electron chi connectivity index (χ2n) is 6.36.